The molecular formula is C6H20Br2N2. The second-order valence-electron chi connectivity index (χ2n) is 2.13. The molecule has 0 fully saturated rings. The fourth-order valence-corrected chi connectivity index (χ4v) is 0. The Bertz CT molecular complexity index is 30.2. The van der Waals surface area contributed by atoms with Gasteiger partial charge in [-0.15, -0.1) is 34.0 Å². The number of halogens is 2. The molecule has 0 rings (SSSR count). The van der Waals surface area contributed by atoms with Gasteiger partial charge in [0.1, 0.15) is 0 Å². The third-order valence-corrected chi connectivity index (χ3v) is 0.289. The standard InChI is InChI=1S/2C3H9N.2BrH/c1-4(2)3;1-2-3-4;;/h1-3H3;2-4H2,1H3;2*1H. The van der Waals surface area contributed by atoms with Crippen molar-refractivity contribution < 1.29 is 0 Å². The van der Waals surface area contributed by atoms with Crippen molar-refractivity contribution in [2.45, 2.75) is 13.3 Å². The summed E-state index contributed by atoms with van der Waals surface area (Å²) in [5.74, 6) is 0. The molecule has 0 heterocycles. The summed E-state index contributed by atoms with van der Waals surface area (Å²) in [5, 5.41) is 0. The second kappa shape index (κ2) is 22.5. The highest BCUT2D eigenvalue weighted by atomic mass is 79.9. The third-order valence-electron chi connectivity index (χ3n) is 0.289. The van der Waals surface area contributed by atoms with E-state index in [4.69, 9.17) is 5.73 Å². The maximum absolute atomic E-state index is 5.03. The Kier molecular flexibility index (Phi) is 50.6. The molecule has 10 heavy (non-hydrogen) atoms. The molecular weight excluding hydrogens is 260 g/mol. The van der Waals surface area contributed by atoms with Crippen LogP contribution in [0.5, 0.6) is 0 Å². The van der Waals surface area contributed by atoms with Gasteiger partial charge >= 0.3 is 0 Å². The van der Waals surface area contributed by atoms with Crippen LogP contribution in [-0.2, 0) is 0 Å². The van der Waals surface area contributed by atoms with Gasteiger partial charge in [-0.1, -0.05) is 6.92 Å². The molecule has 0 unspecified atom stereocenters. The molecule has 2 N–H and O–H groups in total. The highest BCUT2D eigenvalue weighted by Gasteiger charge is 1.58. The van der Waals surface area contributed by atoms with Crippen molar-refractivity contribution in [2.75, 3.05) is 27.7 Å². The Balaban J connectivity index is -0.0000000300. The van der Waals surface area contributed by atoms with Crippen LogP contribution in [0, 0.1) is 0 Å². The fourth-order valence-electron chi connectivity index (χ4n) is 0. The van der Waals surface area contributed by atoms with E-state index in [0.29, 0.717) is 0 Å². The van der Waals surface area contributed by atoms with Crippen LogP contribution in [-0.4, -0.2) is 32.6 Å². The first kappa shape index (κ1) is 22.4. The van der Waals surface area contributed by atoms with Crippen LogP contribution < -0.4 is 5.73 Å². The molecule has 0 saturated heterocycles. The van der Waals surface area contributed by atoms with Gasteiger partial charge in [0, 0.05) is 0 Å². The predicted octanol–water partition coefficient (Wildman–Crippen LogP) is 1.69. The van der Waals surface area contributed by atoms with E-state index in [1.54, 1.807) is 0 Å². The van der Waals surface area contributed by atoms with Crippen LogP contribution in [0.4, 0.5) is 0 Å². The number of nitrogens with two attached hydrogens (primary N) is 1. The molecule has 68 valence electrons. The van der Waals surface area contributed by atoms with Crippen molar-refractivity contribution in [1.29, 1.82) is 0 Å². The fraction of sp³-hybridized carbons (Fsp3) is 1.00. The normalized spacial score (nSPS) is 6.60. The SMILES string of the molecule is Br.Br.CCCN.CN(C)C. The van der Waals surface area contributed by atoms with Crippen molar-refractivity contribution in [3.8, 4) is 0 Å². The highest BCUT2D eigenvalue weighted by Crippen LogP contribution is 1.57. The van der Waals surface area contributed by atoms with E-state index in [2.05, 4.69) is 6.92 Å². The molecule has 0 aromatic heterocycles. The minimum atomic E-state index is 0. The summed E-state index contributed by atoms with van der Waals surface area (Å²) in [5.41, 5.74) is 5.03. The molecule has 0 aromatic rings. The van der Waals surface area contributed by atoms with Crippen molar-refractivity contribution in [2.24, 2.45) is 5.73 Å². The van der Waals surface area contributed by atoms with Crippen LogP contribution in [0.2, 0.25) is 0 Å². The van der Waals surface area contributed by atoms with E-state index >= 15 is 0 Å². The number of hydrogen-bond donors (Lipinski definition) is 1. The largest absolute Gasteiger partial charge is 0.330 e. The average Bonchev–Trinajstić information content (AvgIpc) is 1.65. The summed E-state index contributed by atoms with van der Waals surface area (Å²) in [6.07, 6.45) is 1.10. The molecule has 0 radical (unpaired) electrons. The van der Waals surface area contributed by atoms with Crippen molar-refractivity contribution >= 4 is 34.0 Å². The zero-order valence-electron chi connectivity index (χ0n) is 7.26. The third kappa shape index (κ3) is 156. The van der Waals surface area contributed by atoms with Gasteiger partial charge in [0.25, 0.3) is 0 Å². The molecule has 0 aromatic carbocycles. The molecule has 0 saturated carbocycles. The van der Waals surface area contributed by atoms with Crippen LogP contribution in [0.3, 0.4) is 0 Å². The van der Waals surface area contributed by atoms with Gasteiger partial charge < -0.3 is 10.6 Å². The first-order valence-electron chi connectivity index (χ1n) is 2.96. The zero-order chi connectivity index (χ0) is 6.99. The predicted molar refractivity (Wildman–Crippen MR) is 59.6 cm³/mol. The van der Waals surface area contributed by atoms with Crippen molar-refractivity contribution in [3.63, 3.8) is 0 Å². The topological polar surface area (TPSA) is 29.3 Å². The lowest BCUT2D eigenvalue weighted by Crippen LogP contribution is -1.99. The summed E-state index contributed by atoms with van der Waals surface area (Å²) in [7, 11) is 6.00. The summed E-state index contributed by atoms with van der Waals surface area (Å²) in [6.45, 7) is 2.88. The second-order valence-corrected chi connectivity index (χ2v) is 2.13. The summed E-state index contributed by atoms with van der Waals surface area (Å²) in [4.78, 5) is 2.00. The molecule has 0 aliphatic rings. The van der Waals surface area contributed by atoms with Crippen LogP contribution >= 0.6 is 34.0 Å². The first-order valence-corrected chi connectivity index (χ1v) is 2.96. The van der Waals surface area contributed by atoms with Crippen LogP contribution in [0.25, 0.3) is 0 Å². The van der Waals surface area contributed by atoms with Gasteiger partial charge in [-0.05, 0) is 34.1 Å². The Morgan fingerprint density at radius 1 is 1.10 bits per heavy atom. The Morgan fingerprint density at radius 3 is 1.20 bits per heavy atom. The van der Waals surface area contributed by atoms with Gasteiger partial charge in [0.15, 0.2) is 0 Å². The molecule has 0 spiro atoms. The van der Waals surface area contributed by atoms with Crippen molar-refractivity contribution in [1.82, 2.24) is 4.90 Å². The van der Waals surface area contributed by atoms with E-state index in [1.807, 2.05) is 26.0 Å². The smallest absolute Gasteiger partial charge is 0.00799 e. The van der Waals surface area contributed by atoms with E-state index in [9.17, 15) is 0 Å². The minimum absolute atomic E-state index is 0. The van der Waals surface area contributed by atoms with Gasteiger partial charge in [0.2, 0.25) is 0 Å². The summed E-state index contributed by atoms with van der Waals surface area (Å²) in [6, 6.07) is 0. The monoisotopic (exact) mass is 278 g/mol. The van der Waals surface area contributed by atoms with E-state index in [1.165, 1.54) is 0 Å². The molecule has 0 aliphatic carbocycles. The summed E-state index contributed by atoms with van der Waals surface area (Å²) >= 11 is 0. The number of hydrogen-bond acceptors (Lipinski definition) is 2. The Morgan fingerprint density at radius 2 is 1.20 bits per heavy atom. The quantitative estimate of drug-likeness (QED) is 0.792. The Hall–Kier alpha value is 0.880. The minimum Gasteiger partial charge on any atom is -0.330 e. The molecule has 0 bridgehead atoms. The van der Waals surface area contributed by atoms with Gasteiger partial charge in [-0.25, -0.2) is 0 Å². The van der Waals surface area contributed by atoms with E-state index in [-0.39, 0.29) is 34.0 Å². The highest BCUT2D eigenvalue weighted by molar-refractivity contribution is 8.93. The lowest BCUT2D eigenvalue weighted by molar-refractivity contribution is 0.505. The molecule has 4 heteroatoms. The van der Waals surface area contributed by atoms with Gasteiger partial charge in [0.05, 0.1) is 0 Å². The van der Waals surface area contributed by atoms with E-state index in [0.717, 1.165) is 13.0 Å². The maximum Gasteiger partial charge on any atom is -0.00799 e. The zero-order valence-corrected chi connectivity index (χ0v) is 10.7. The van der Waals surface area contributed by atoms with Gasteiger partial charge in [-0.3, -0.25) is 0 Å². The summed E-state index contributed by atoms with van der Waals surface area (Å²) < 4.78 is 0. The molecule has 2 nitrogen and oxygen atoms in total. The lowest BCUT2D eigenvalue weighted by Gasteiger charge is -1.90. The lowest BCUT2D eigenvalue weighted by atomic mass is 10.5. The number of nitrogens with zero attached hydrogens (tertiary/aromatic N) is 1. The van der Waals surface area contributed by atoms with Crippen LogP contribution in [0.1, 0.15) is 13.3 Å². The van der Waals surface area contributed by atoms with Gasteiger partial charge in [-0.2, -0.15) is 0 Å². The molecule has 0 amide bonds. The molecule has 0 atom stereocenters. The Labute approximate surface area is 85.7 Å². The van der Waals surface area contributed by atoms with E-state index < -0.39 is 0 Å². The number of rotatable bonds is 1. The van der Waals surface area contributed by atoms with Crippen LogP contribution in [0.15, 0.2) is 0 Å². The first-order chi connectivity index (χ1) is 3.65. The van der Waals surface area contributed by atoms with Crippen molar-refractivity contribution in [3.05, 3.63) is 0 Å². The molecule has 0 aliphatic heterocycles. The average molecular weight is 280 g/mol. The maximum atomic E-state index is 5.03.